The van der Waals surface area contributed by atoms with Crippen LogP contribution in [0.15, 0.2) is 0 Å². The molecular formula is C13H27N3. The Hall–Kier alpha value is -0.120. The number of nitrogens with one attached hydrogen (secondary N) is 1. The summed E-state index contributed by atoms with van der Waals surface area (Å²) < 4.78 is 0. The highest BCUT2D eigenvalue weighted by atomic mass is 15.3. The van der Waals surface area contributed by atoms with Crippen LogP contribution in [0.25, 0.3) is 0 Å². The van der Waals surface area contributed by atoms with E-state index in [-0.39, 0.29) is 0 Å². The molecule has 2 saturated heterocycles. The van der Waals surface area contributed by atoms with Crippen LogP contribution in [-0.2, 0) is 0 Å². The van der Waals surface area contributed by atoms with Crippen LogP contribution in [0.4, 0.5) is 0 Å². The highest BCUT2D eigenvalue weighted by Crippen LogP contribution is 2.14. The van der Waals surface area contributed by atoms with Crippen molar-refractivity contribution in [1.29, 1.82) is 0 Å². The van der Waals surface area contributed by atoms with Gasteiger partial charge in [0.2, 0.25) is 0 Å². The predicted octanol–water partition coefficient (Wildman–Crippen LogP) is 1.01. The smallest absolute Gasteiger partial charge is 0.0120 e. The molecule has 0 spiro atoms. The van der Waals surface area contributed by atoms with Crippen LogP contribution in [0, 0.1) is 5.92 Å². The van der Waals surface area contributed by atoms with E-state index < -0.39 is 0 Å². The lowest BCUT2D eigenvalue weighted by molar-refractivity contribution is 0.0763. The van der Waals surface area contributed by atoms with Crippen LogP contribution in [0.5, 0.6) is 0 Å². The molecule has 94 valence electrons. The summed E-state index contributed by atoms with van der Waals surface area (Å²) in [5.41, 5.74) is 0. The minimum absolute atomic E-state index is 0.811. The molecule has 2 aliphatic heterocycles. The Bertz CT molecular complexity index is 191. The van der Waals surface area contributed by atoms with Crippen molar-refractivity contribution in [3.05, 3.63) is 0 Å². The molecule has 0 unspecified atom stereocenters. The van der Waals surface area contributed by atoms with Crippen LogP contribution in [0.2, 0.25) is 0 Å². The average molecular weight is 225 g/mol. The third kappa shape index (κ3) is 3.44. The van der Waals surface area contributed by atoms with Gasteiger partial charge in [0.15, 0.2) is 0 Å². The first-order valence-electron chi connectivity index (χ1n) is 6.93. The number of hydrogen-bond acceptors (Lipinski definition) is 3. The van der Waals surface area contributed by atoms with Gasteiger partial charge in [0.25, 0.3) is 0 Å². The van der Waals surface area contributed by atoms with Gasteiger partial charge < -0.3 is 10.2 Å². The van der Waals surface area contributed by atoms with E-state index in [1.165, 1.54) is 58.7 Å². The maximum absolute atomic E-state index is 3.45. The Labute approximate surface area is 100 Å². The van der Waals surface area contributed by atoms with Crippen LogP contribution in [0.1, 0.15) is 26.7 Å². The largest absolute Gasteiger partial charge is 0.317 e. The van der Waals surface area contributed by atoms with E-state index in [0.29, 0.717) is 0 Å². The third-order valence-electron chi connectivity index (χ3n) is 3.86. The SMILES string of the molecule is CC(C)CN1CCN(C2CCNCC2)CC1. The van der Waals surface area contributed by atoms with Gasteiger partial charge in [0.05, 0.1) is 0 Å². The molecule has 0 saturated carbocycles. The van der Waals surface area contributed by atoms with E-state index in [1.54, 1.807) is 0 Å². The summed E-state index contributed by atoms with van der Waals surface area (Å²) in [5.74, 6) is 0.811. The minimum Gasteiger partial charge on any atom is -0.317 e. The Balaban J connectivity index is 1.71. The lowest BCUT2D eigenvalue weighted by atomic mass is 10.0. The normalized spacial score (nSPS) is 26.4. The van der Waals surface area contributed by atoms with E-state index in [1.807, 2.05) is 0 Å². The van der Waals surface area contributed by atoms with Crippen molar-refractivity contribution in [2.24, 2.45) is 5.92 Å². The quantitative estimate of drug-likeness (QED) is 0.773. The maximum Gasteiger partial charge on any atom is 0.0120 e. The van der Waals surface area contributed by atoms with Crippen molar-refractivity contribution in [2.75, 3.05) is 45.8 Å². The zero-order valence-electron chi connectivity index (χ0n) is 10.9. The topological polar surface area (TPSA) is 18.5 Å². The zero-order chi connectivity index (χ0) is 11.4. The van der Waals surface area contributed by atoms with Crippen LogP contribution >= 0.6 is 0 Å². The number of hydrogen-bond donors (Lipinski definition) is 1. The molecule has 0 atom stereocenters. The highest BCUT2D eigenvalue weighted by molar-refractivity contribution is 4.82. The molecule has 0 aromatic carbocycles. The minimum atomic E-state index is 0.811. The van der Waals surface area contributed by atoms with E-state index in [4.69, 9.17) is 0 Å². The average Bonchev–Trinajstić information content (AvgIpc) is 2.30. The lowest BCUT2D eigenvalue weighted by Crippen LogP contribution is -2.53. The second-order valence-corrected chi connectivity index (χ2v) is 5.71. The monoisotopic (exact) mass is 225 g/mol. The molecule has 0 aromatic rings. The first-order chi connectivity index (χ1) is 7.75. The van der Waals surface area contributed by atoms with Gasteiger partial charge in [-0.1, -0.05) is 13.8 Å². The van der Waals surface area contributed by atoms with Crippen molar-refractivity contribution < 1.29 is 0 Å². The van der Waals surface area contributed by atoms with Gasteiger partial charge in [-0.15, -0.1) is 0 Å². The molecule has 0 amide bonds. The summed E-state index contributed by atoms with van der Waals surface area (Å²) in [4.78, 5) is 5.35. The zero-order valence-corrected chi connectivity index (χ0v) is 10.9. The van der Waals surface area contributed by atoms with Gasteiger partial charge in [-0.25, -0.2) is 0 Å². The Kier molecular flexibility index (Phi) is 4.62. The molecule has 2 aliphatic rings. The summed E-state index contributed by atoms with van der Waals surface area (Å²) in [6.45, 7) is 13.5. The summed E-state index contributed by atoms with van der Waals surface area (Å²) in [6, 6.07) is 0.863. The summed E-state index contributed by atoms with van der Waals surface area (Å²) in [6.07, 6.45) is 2.70. The van der Waals surface area contributed by atoms with Gasteiger partial charge in [0.1, 0.15) is 0 Å². The van der Waals surface area contributed by atoms with Gasteiger partial charge in [-0.3, -0.25) is 4.90 Å². The fourth-order valence-corrected chi connectivity index (χ4v) is 3.00. The van der Waals surface area contributed by atoms with Crippen molar-refractivity contribution >= 4 is 0 Å². The molecule has 0 bridgehead atoms. The summed E-state index contributed by atoms with van der Waals surface area (Å²) in [5, 5.41) is 3.45. The molecule has 0 aromatic heterocycles. The molecule has 1 N–H and O–H groups in total. The van der Waals surface area contributed by atoms with E-state index in [0.717, 1.165) is 12.0 Å². The van der Waals surface area contributed by atoms with Crippen molar-refractivity contribution in [1.82, 2.24) is 15.1 Å². The maximum atomic E-state index is 3.45. The van der Waals surface area contributed by atoms with Gasteiger partial charge in [-0.05, 0) is 31.8 Å². The number of piperazine rings is 1. The van der Waals surface area contributed by atoms with Crippen LogP contribution in [0.3, 0.4) is 0 Å². The molecule has 2 fully saturated rings. The van der Waals surface area contributed by atoms with E-state index >= 15 is 0 Å². The van der Waals surface area contributed by atoms with E-state index in [9.17, 15) is 0 Å². The number of nitrogens with zero attached hydrogens (tertiary/aromatic N) is 2. The predicted molar refractivity (Wildman–Crippen MR) is 68.7 cm³/mol. The molecule has 3 heteroatoms. The first-order valence-corrected chi connectivity index (χ1v) is 6.93. The Morgan fingerprint density at radius 1 is 1.06 bits per heavy atom. The Morgan fingerprint density at radius 3 is 2.25 bits per heavy atom. The van der Waals surface area contributed by atoms with Crippen molar-refractivity contribution in [3.8, 4) is 0 Å². The molecule has 16 heavy (non-hydrogen) atoms. The fraction of sp³-hybridized carbons (Fsp3) is 1.00. The highest BCUT2D eigenvalue weighted by Gasteiger charge is 2.24. The van der Waals surface area contributed by atoms with Crippen LogP contribution in [-0.4, -0.2) is 61.7 Å². The van der Waals surface area contributed by atoms with Gasteiger partial charge in [0, 0.05) is 38.8 Å². The molecule has 0 radical (unpaired) electrons. The van der Waals surface area contributed by atoms with Crippen LogP contribution < -0.4 is 5.32 Å². The first kappa shape index (κ1) is 12.3. The van der Waals surface area contributed by atoms with Crippen molar-refractivity contribution in [2.45, 2.75) is 32.7 Å². The van der Waals surface area contributed by atoms with Crippen molar-refractivity contribution in [3.63, 3.8) is 0 Å². The molecule has 0 aliphatic carbocycles. The molecule has 2 rings (SSSR count). The number of rotatable bonds is 3. The second kappa shape index (κ2) is 5.99. The summed E-state index contributed by atoms with van der Waals surface area (Å²) >= 11 is 0. The van der Waals surface area contributed by atoms with E-state index in [2.05, 4.69) is 29.0 Å². The standard InChI is InChI=1S/C13H27N3/c1-12(2)11-15-7-9-16(10-8-15)13-3-5-14-6-4-13/h12-14H,3-11H2,1-2H3. The number of piperidine rings is 1. The Morgan fingerprint density at radius 2 is 1.69 bits per heavy atom. The molecule has 3 nitrogen and oxygen atoms in total. The lowest BCUT2D eigenvalue weighted by Gasteiger charge is -2.41. The second-order valence-electron chi connectivity index (χ2n) is 5.71. The third-order valence-corrected chi connectivity index (χ3v) is 3.86. The van der Waals surface area contributed by atoms with Gasteiger partial charge in [-0.2, -0.15) is 0 Å². The summed E-state index contributed by atoms with van der Waals surface area (Å²) in [7, 11) is 0. The van der Waals surface area contributed by atoms with Gasteiger partial charge >= 0.3 is 0 Å². The molecule has 2 heterocycles. The fourth-order valence-electron chi connectivity index (χ4n) is 3.00. The molecular weight excluding hydrogens is 198 g/mol.